The average molecular weight is 552 g/mol. The smallest absolute Gasteiger partial charge is 0.268 e. The van der Waals surface area contributed by atoms with Crippen LogP contribution in [0.15, 0.2) is 105 Å². The number of Topliss-reactive ketones (excluding diaryl/α,β-unsaturated/α-hetero) is 1. The SMILES string of the molecule is Cc1cc(C(=O)CSc2nc3scc(-c4ccccc4)c3c(=O)n2-c2ccccc2)c(C)n1Cc1ccco1. The highest BCUT2D eigenvalue weighted by atomic mass is 32.2. The number of aryl methyl sites for hydroxylation is 1. The average Bonchev–Trinajstić information content (AvgIpc) is 3.69. The second-order valence-corrected chi connectivity index (χ2v) is 11.0. The van der Waals surface area contributed by atoms with E-state index in [0.717, 1.165) is 28.3 Å². The van der Waals surface area contributed by atoms with Crippen LogP contribution < -0.4 is 5.56 Å². The number of hydrogen-bond donors (Lipinski definition) is 0. The molecule has 4 heterocycles. The van der Waals surface area contributed by atoms with Crippen molar-refractivity contribution < 1.29 is 9.21 Å². The van der Waals surface area contributed by atoms with E-state index >= 15 is 0 Å². The van der Waals surface area contributed by atoms with Crippen LogP contribution in [0.5, 0.6) is 0 Å². The third kappa shape index (κ3) is 4.77. The summed E-state index contributed by atoms with van der Waals surface area (Å²) >= 11 is 2.74. The van der Waals surface area contributed by atoms with Crippen molar-refractivity contribution in [1.82, 2.24) is 14.1 Å². The number of rotatable bonds is 8. The molecule has 6 rings (SSSR count). The zero-order valence-corrected chi connectivity index (χ0v) is 23.1. The largest absolute Gasteiger partial charge is 0.467 e. The fourth-order valence-electron chi connectivity index (χ4n) is 4.80. The molecule has 0 radical (unpaired) electrons. The van der Waals surface area contributed by atoms with Crippen LogP contribution >= 0.6 is 23.1 Å². The number of furan rings is 1. The maximum Gasteiger partial charge on any atom is 0.268 e. The minimum absolute atomic E-state index is 0.0103. The van der Waals surface area contributed by atoms with E-state index in [4.69, 9.17) is 9.40 Å². The quantitative estimate of drug-likeness (QED) is 0.114. The van der Waals surface area contributed by atoms with Crippen LogP contribution in [0.4, 0.5) is 0 Å². The Bertz CT molecular complexity index is 1830. The highest BCUT2D eigenvalue weighted by Crippen LogP contribution is 2.33. The second kappa shape index (κ2) is 10.6. The predicted molar refractivity (Wildman–Crippen MR) is 157 cm³/mol. The van der Waals surface area contributed by atoms with Gasteiger partial charge in [-0.3, -0.25) is 14.2 Å². The van der Waals surface area contributed by atoms with Crippen molar-refractivity contribution in [3.05, 3.63) is 124 Å². The van der Waals surface area contributed by atoms with Crippen LogP contribution in [0.3, 0.4) is 0 Å². The van der Waals surface area contributed by atoms with E-state index in [1.165, 1.54) is 23.1 Å². The summed E-state index contributed by atoms with van der Waals surface area (Å²) in [5.74, 6) is 0.983. The van der Waals surface area contributed by atoms with Crippen LogP contribution in [0.1, 0.15) is 27.5 Å². The van der Waals surface area contributed by atoms with Gasteiger partial charge in [0.25, 0.3) is 5.56 Å². The lowest BCUT2D eigenvalue weighted by Gasteiger charge is -2.12. The third-order valence-corrected chi connectivity index (χ3v) is 8.59. The van der Waals surface area contributed by atoms with Gasteiger partial charge in [0.05, 0.1) is 29.6 Å². The van der Waals surface area contributed by atoms with Gasteiger partial charge in [0.15, 0.2) is 10.9 Å². The summed E-state index contributed by atoms with van der Waals surface area (Å²) in [6.45, 7) is 4.51. The summed E-state index contributed by atoms with van der Waals surface area (Å²) in [5, 5.41) is 3.07. The minimum Gasteiger partial charge on any atom is -0.467 e. The molecule has 0 N–H and O–H groups in total. The van der Waals surface area contributed by atoms with Gasteiger partial charge in [0.2, 0.25) is 0 Å². The molecule has 0 fully saturated rings. The van der Waals surface area contributed by atoms with Gasteiger partial charge in [-0.1, -0.05) is 60.3 Å². The lowest BCUT2D eigenvalue weighted by atomic mass is 10.1. The summed E-state index contributed by atoms with van der Waals surface area (Å²) in [7, 11) is 0. The topological polar surface area (TPSA) is 70.0 Å². The standard InChI is InChI=1S/C31H25N3O3S2/c1-20-16-25(21(2)33(20)17-24-14-9-15-37-24)27(35)19-39-31-32-29-28(26(18-38-29)22-10-5-3-6-11-22)30(36)34(31)23-12-7-4-8-13-23/h3-16,18H,17,19H2,1-2H3. The summed E-state index contributed by atoms with van der Waals surface area (Å²) in [6.07, 6.45) is 1.65. The molecular weight excluding hydrogens is 526 g/mol. The summed E-state index contributed by atoms with van der Waals surface area (Å²) in [5.41, 5.74) is 4.97. The molecule has 6 aromatic rings. The van der Waals surface area contributed by atoms with Gasteiger partial charge < -0.3 is 8.98 Å². The number of fused-ring (bicyclic) bond motifs is 1. The minimum atomic E-state index is -0.141. The lowest BCUT2D eigenvalue weighted by Crippen LogP contribution is -2.22. The van der Waals surface area contributed by atoms with Crippen LogP contribution in [0.25, 0.3) is 27.0 Å². The van der Waals surface area contributed by atoms with E-state index in [2.05, 4.69) is 4.57 Å². The number of hydrogen-bond acceptors (Lipinski definition) is 6. The van der Waals surface area contributed by atoms with E-state index in [1.54, 1.807) is 10.8 Å². The molecule has 4 aromatic heterocycles. The molecule has 8 heteroatoms. The van der Waals surface area contributed by atoms with Crippen molar-refractivity contribution in [2.45, 2.75) is 25.5 Å². The Morgan fingerprint density at radius 1 is 1.00 bits per heavy atom. The van der Waals surface area contributed by atoms with Crippen molar-refractivity contribution in [2.24, 2.45) is 0 Å². The Balaban J connectivity index is 1.36. The molecule has 0 aliphatic heterocycles. The maximum atomic E-state index is 14.0. The molecule has 0 unspecified atom stereocenters. The molecule has 0 saturated heterocycles. The molecule has 0 aliphatic carbocycles. The monoisotopic (exact) mass is 551 g/mol. The molecule has 39 heavy (non-hydrogen) atoms. The number of thioether (sulfide) groups is 1. The molecule has 0 atom stereocenters. The number of para-hydroxylation sites is 1. The van der Waals surface area contributed by atoms with Gasteiger partial charge in [-0.2, -0.15) is 0 Å². The molecule has 0 spiro atoms. The van der Waals surface area contributed by atoms with Crippen LogP contribution in [-0.4, -0.2) is 25.7 Å². The van der Waals surface area contributed by atoms with Crippen molar-refractivity contribution in [3.63, 3.8) is 0 Å². The van der Waals surface area contributed by atoms with Gasteiger partial charge in [-0.25, -0.2) is 4.98 Å². The molecule has 6 nitrogen and oxygen atoms in total. The fraction of sp³-hybridized carbons (Fsp3) is 0.129. The summed E-state index contributed by atoms with van der Waals surface area (Å²) < 4.78 is 9.21. The zero-order valence-electron chi connectivity index (χ0n) is 21.5. The molecule has 0 bridgehead atoms. The van der Waals surface area contributed by atoms with Gasteiger partial charge >= 0.3 is 0 Å². The number of thiophene rings is 1. The molecule has 0 amide bonds. The van der Waals surface area contributed by atoms with E-state index in [0.29, 0.717) is 33.2 Å². The van der Waals surface area contributed by atoms with E-state index in [9.17, 15) is 9.59 Å². The number of benzene rings is 2. The van der Waals surface area contributed by atoms with Crippen molar-refractivity contribution >= 4 is 39.1 Å². The fourth-order valence-corrected chi connectivity index (χ4v) is 6.68. The Hall–Kier alpha value is -4.14. The first-order valence-corrected chi connectivity index (χ1v) is 14.4. The Morgan fingerprint density at radius 3 is 2.46 bits per heavy atom. The van der Waals surface area contributed by atoms with Gasteiger partial charge in [-0.15, -0.1) is 11.3 Å². The molecule has 194 valence electrons. The molecule has 0 saturated carbocycles. The maximum absolute atomic E-state index is 14.0. The third-order valence-electron chi connectivity index (χ3n) is 6.78. The Kier molecular flexibility index (Phi) is 6.81. The number of ketones is 1. The van der Waals surface area contributed by atoms with Crippen molar-refractivity contribution in [2.75, 3.05) is 5.75 Å². The van der Waals surface area contributed by atoms with E-state index in [1.807, 2.05) is 98.1 Å². The first-order chi connectivity index (χ1) is 19.0. The predicted octanol–water partition coefficient (Wildman–Crippen LogP) is 7.15. The van der Waals surface area contributed by atoms with E-state index in [-0.39, 0.29) is 17.1 Å². The van der Waals surface area contributed by atoms with Crippen molar-refractivity contribution in [3.8, 4) is 16.8 Å². The van der Waals surface area contributed by atoms with Gasteiger partial charge in [0.1, 0.15) is 10.6 Å². The summed E-state index contributed by atoms with van der Waals surface area (Å²) in [6, 6.07) is 25.1. The molecule has 2 aromatic carbocycles. The zero-order chi connectivity index (χ0) is 26.9. The molecule has 0 aliphatic rings. The molecular formula is C31H25N3O3S2. The first-order valence-electron chi connectivity index (χ1n) is 12.5. The number of carbonyl (C=O) groups excluding carboxylic acids is 1. The Morgan fingerprint density at radius 2 is 1.74 bits per heavy atom. The highest BCUT2D eigenvalue weighted by molar-refractivity contribution is 7.99. The van der Waals surface area contributed by atoms with Crippen LogP contribution in [0.2, 0.25) is 0 Å². The van der Waals surface area contributed by atoms with Gasteiger partial charge in [-0.05, 0) is 49.7 Å². The van der Waals surface area contributed by atoms with Crippen LogP contribution in [-0.2, 0) is 6.54 Å². The van der Waals surface area contributed by atoms with Crippen molar-refractivity contribution in [1.29, 1.82) is 0 Å². The second-order valence-electron chi connectivity index (χ2n) is 9.23. The first kappa shape index (κ1) is 25.2. The normalized spacial score (nSPS) is 11.3. The van der Waals surface area contributed by atoms with E-state index < -0.39 is 0 Å². The lowest BCUT2D eigenvalue weighted by molar-refractivity contribution is 0.102. The number of aromatic nitrogens is 3. The number of nitrogens with zero attached hydrogens (tertiary/aromatic N) is 3. The highest BCUT2D eigenvalue weighted by Gasteiger charge is 2.21. The van der Waals surface area contributed by atoms with Gasteiger partial charge in [0, 0.05) is 27.9 Å². The number of carbonyl (C=O) groups is 1. The Labute approximate surface area is 233 Å². The van der Waals surface area contributed by atoms with Crippen LogP contribution in [0, 0.1) is 13.8 Å². The summed E-state index contributed by atoms with van der Waals surface area (Å²) in [4.78, 5) is 33.0.